The fourth-order valence-corrected chi connectivity index (χ4v) is 5.64. The lowest BCUT2D eigenvalue weighted by Crippen LogP contribution is -2.35. The Morgan fingerprint density at radius 2 is 1.50 bits per heavy atom. The zero-order chi connectivity index (χ0) is 20.8. The topological polar surface area (TPSA) is 172 Å². The van der Waals surface area contributed by atoms with E-state index in [4.69, 9.17) is 18.5 Å². The Morgan fingerprint density at radius 1 is 1.00 bits per heavy atom. The molecule has 2 N–H and O–H groups in total. The van der Waals surface area contributed by atoms with E-state index in [-0.39, 0.29) is 50.3 Å². The van der Waals surface area contributed by atoms with Gasteiger partial charge in [0.2, 0.25) is 0 Å². The second kappa shape index (κ2) is 10.7. The van der Waals surface area contributed by atoms with E-state index in [1.54, 1.807) is 0 Å². The van der Waals surface area contributed by atoms with Crippen LogP contribution in [0.3, 0.4) is 0 Å². The van der Waals surface area contributed by atoms with E-state index in [2.05, 4.69) is 8.37 Å². The van der Waals surface area contributed by atoms with E-state index >= 15 is 0 Å². The molecule has 0 aromatic carbocycles. The summed E-state index contributed by atoms with van der Waals surface area (Å²) in [5.41, 5.74) is 0. The first-order valence-electron chi connectivity index (χ1n) is 8.36. The fourth-order valence-electron chi connectivity index (χ4n) is 2.51. The Balaban J connectivity index is 1.85. The van der Waals surface area contributed by atoms with Gasteiger partial charge in [0, 0.05) is 44.2 Å². The van der Waals surface area contributed by atoms with Gasteiger partial charge in [-0.3, -0.25) is 8.37 Å². The molecule has 2 rings (SSSR count). The van der Waals surface area contributed by atoms with Crippen molar-refractivity contribution in [2.75, 3.05) is 56.9 Å². The predicted molar refractivity (Wildman–Crippen MR) is 96.3 cm³/mol. The van der Waals surface area contributed by atoms with Gasteiger partial charge in [0.15, 0.2) is 11.1 Å². The summed E-state index contributed by atoms with van der Waals surface area (Å²) < 4.78 is 90.6. The Kier molecular flexibility index (Phi) is 9.25. The van der Waals surface area contributed by atoms with Crippen molar-refractivity contribution in [2.24, 2.45) is 17.8 Å². The summed E-state index contributed by atoms with van der Waals surface area (Å²) >= 11 is -2.13. The monoisotopic (exact) mass is 466 g/mol. The van der Waals surface area contributed by atoms with Gasteiger partial charge in [0.05, 0.1) is 30.5 Å². The van der Waals surface area contributed by atoms with Crippen LogP contribution in [-0.2, 0) is 53.6 Å². The van der Waals surface area contributed by atoms with Gasteiger partial charge in [-0.15, -0.1) is 0 Å². The van der Waals surface area contributed by atoms with Crippen LogP contribution in [0.4, 0.5) is 0 Å². The highest BCUT2D eigenvalue weighted by molar-refractivity contribution is 7.87. The number of aliphatic hydroxyl groups is 1. The summed E-state index contributed by atoms with van der Waals surface area (Å²) in [7, 11) is -8.41. The van der Waals surface area contributed by atoms with Crippen LogP contribution in [-0.4, -0.2) is 94.9 Å². The van der Waals surface area contributed by atoms with Gasteiger partial charge >= 0.3 is 7.32 Å². The number of hydrogen-bond donors (Lipinski definition) is 2. The minimum absolute atomic E-state index is 0.0352. The quantitative estimate of drug-likeness (QED) is 0.181. The zero-order valence-electron chi connectivity index (χ0n) is 14.9. The normalized spacial score (nSPS) is 28.2. The third-order valence-electron chi connectivity index (χ3n) is 3.89. The Labute approximate surface area is 166 Å². The van der Waals surface area contributed by atoms with Crippen molar-refractivity contribution >= 4 is 38.6 Å². The van der Waals surface area contributed by atoms with E-state index in [1.165, 1.54) is 0 Å². The molecule has 0 bridgehead atoms. The predicted octanol–water partition coefficient (Wildman–Crippen LogP) is -2.20. The highest BCUT2D eigenvalue weighted by Crippen LogP contribution is 2.18. The highest BCUT2D eigenvalue weighted by atomic mass is 32.2. The molecule has 0 radical (unpaired) electrons. The maximum absolute atomic E-state index is 11.3. The minimum Gasteiger partial charge on any atom is -0.396 e. The molecule has 16 heteroatoms. The van der Waals surface area contributed by atoms with Crippen LogP contribution in [0.15, 0.2) is 0 Å². The van der Waals surface area contributed by atoms with Gasteiger partial charge in [-0.1, -0.05) is 0 Å². The molecule has 4 unspecified atom stereocenters. The summed E-state index contributed by atoms with van der Waals surface area (Å²) in [6.07, 6.45) is 0. The molecule has 2 fully saturated rings. The van der Waals surface area contributed by atoms with Crippen LogP contribution in [0.1, 0.15) is 0 Å². The molecule has 2 aliphatic rings. The van der Waals surface area contributed by atoms with Crippen LogP contribution >= 0.6 is 0 Å². The van der Waals surface area contributed by atoms with Crippen LogP contribution in [0.5, 0.6) is 0 Å². The second-order valence-corrected chi connectivity index (χ2v) is 10.9. The fraction of sp³-hybridized carbons (Fsp3) is 1.00. The van der Waals surface area contributed by atoms with Crippen LogP contribution in [0, 0.1) is 17.8 Å². The van der Waals surface area contributed by atoms with Crippen molar-refractivity contribution in [3.8, 4) is 0 Å². The molecule has 0 spiro atoms. The molecule has 0 aromatic rings. The SMILES string of the molecule is O=S(O)CC(CO)COB(OCC1COS(=O)(=O)C1)OCC1COS(=O)(=O)C1. The minimum atomic E-state index is -3.56. The third kappa shape index (κ3) is 8.68. The first-order chi connectivity index (χ1) is 13.1. The van der Waals surface area contributed by atoms with Gasteiger partial charge in [0.1, 0.15) is 0 Å². The number of aliphatic hydroxyl groups excluding tert-OH is 1. The highest BCUT2D eigenvalue weighted by Gasteiger charge is 2.34. The van der Waals surface area contributed by atoms with Gasteiger partial charge in [-0.2, -0.15) is 16.8 Å². The second-order valence-electron chi connectivity index (χ2n) is 6.58. The Morgan fingerprint density at radius 3 is 1.86 bits per heavy atom. The zero-order valence-corrected chi connectivity index (χ0v) is 17.3. The third-order valence-corrected chi connectivity index (χ3v) is 7.39. The molecule has 164 valence electrons. The maximum atomic E-state index is 11.3. The van der Waals surface area contributed by atoms with Crippen molar-refractivity contribution in [1.82, 2.24) is 0 Å². The summed E-state index contributed by atoms with van der Waals surface area (Å²) in [5, 5.41) is 9.23. The molecular weight excluding hydrogens is 443 g/mol. The smallest absolute Gasteiger partial charge is 0.396 e. The van der Waals surface area contributed by atoms with Crippen molar-refractivity contribution in [1.29, 1.82) is 0 Å². The molecule has 0 amide bonds. The van der Waals surface area contributed by atoms with E-state index in [0.717, 1.165) is 0 Å². The van der Waals surface area contributed by atoms with Crippen LogP contribution in [0.2, 0.25) is 0 Å². The summed E-state index contributed by atoms with van der Waals surface area (Å²) in [6.45, 7) is -0.744. The molecule has 0 aromatic heterocycles. The molecule has 0 aliphatic carbocycles. The number of rotatable bonds is 12. The van der Waals surface area contributed by atoms with E-state index in [9.17, 15) is 26.2 Å². The van der Waals surface area contributed by atoms with Crippen molar-refractivity contribution in [2.45, 2.75) is 0 Å². The molecule has 2 saturated heterocycles. The molecule has 12 nitrogen and oxygen atoms in total. The Bertz CT molecular complexity index is 678. The first kappa shape index (κ1) is 24.1. The van der Waals surface area contributed by atoms with Crippen LogP contribution in [0.25, 0.3) is 0 Å². The van der Waals surface area contributed by atoms with Crippen molar-refractivity contribution < 1.29 is 53.0 Å². The van der Waals surface area contributed by atoms with Crippen LogP contribution < -0.4 is 0 Å². The van der Waals surface area contributed by atoms with Crippen molar-refractivity contribution in [3.05, 3.63) is 0 Å². The maximum Gasteiger partial charge on any atom is 0.639 e. The standard InChI is InChI=1S/C12H23BO12S3/c14-1-10(7-26(15)16)2-21-13(22-3-11-5-24-27(17,18)8-11)23-4-12-6-25-28(19,20)9-12/h10-12,14H,1-9H2,(H,15,16). The van der Waals surface area contributed by atoms with Crippen molar-refractivity contribution in [3.63, 3.8) is 0 Å². The molecule has 2 aliphatic heterocycles. The number of hydrogen-bond acceptors (Lipinski definition) is 11. The van der Waals surface area contributed by atoms with Gasteiger partial charge < -0.3 is 23.6 Å². The van der Waals surface area contributed by atoms with E-state index in [0.29, 0.717) is 0 Å². The average Bonchev–Trinajstić information content (AvgIpc) is 3.13. The summed E-state index contributed by atoms with van der Waals surface area (Å²) in [5.74, 6) is -2.13. The molecule has 2 heterocycles. The van der Waals surface area contributed by atoms with Gasteiger partial charge in [-0.05, 0) is 0 Å². The lowest BCUT2D eigenvalue weighted by atomic mass is 10.1. The molecular formula is C12H23BO12S3. The Hall–Kier alpha value is -0.165. The van der Waals surface area contributed by atoms with E-state index < -0.39 is 63.0 Å². The summed E-state index contributed by atoms with van der Waals surface area (Å²) in [6, 6.07) is 0. The summed E-state index contributed by atoms with van der Waals surface area (Å²) in [4.78, 5) is 0. The van der Waals surface area contributed by atoms with Gasteiger partial charge in [0.25, 0.3) is 20.2 Å². The molecule has 0 saturated carbocycles. The first-order valence-corrected chi connectivity index (χ1v) is 12.8. The lowest BCUT2D eigenvalue weighted by molar-refractivity contribution is 0.0528. The van der Waals surface area contributed by atoms with Gasteiger partial charge in [-0.25, -0.2) is 4.21 Å². The lowest BCUT2D eigenvalue weighted by Gasteiger charge is -2.19. The average molecular weight is 466 g/mol. The molecule has 28 heavy (non-hydrogen) atoms. The molecule has 4 atom stereocenters. The largest absolute Gasteiger partial charge is 0.639 e. The van der Waals surface area contributed by atoms with E-state index in [1.807, 2.05) is 0 Å².